The minimum Gasteiger partial charge on any atom is -0.350 e. The Morgan fingerprint density at radius 2 is 1.92 bits per heavy atom. The number of carbonyl (C=O) groups is 1. The molecular weight excluding hydrogens is 312 g/mol. The van der Waals surface area contributed by atoms with Crippen LogP contribution in [0.1, 0.15) is 54.2 Å². The first-order valence-electron chi connectivity index (χ1n) is 8.31. The van der Waals surface area contributed by atoms with Crippen molar-refractivity contribution in [3.05, 3.63) is 53.9 Å². The van der Waals surface area contributed by atoms with E-state index in [9.17, 15) is 13.6 Å². The predicted octanol–water partition coefficient (Wildman–Crippen LogP) is 3.98. The Morgan fingerprint density at radius 1 is 1.21 bits per heavy atom. The minimum absolute atomic E-state index is 0.0218. The average molecular weight is 333 g/mol. The number of carbonyl (C=O) groups excluding carboxylic acids is 1. The van der Waals surface area contributed by atoms with E-state index in [0.29, 0.717) is 17.1 Å². The predicted molar refractivity (Wildman–Crippen MR) is 87.0 cm³/mol. The van der Waals surface area contributed by atoms with Gasteiger partial charge in [0.25, 0.3) is 5.91 Å². The van der Waals surface area contributed by atoms with E-state index in [1.54, 1.807) is 0 Å². The molecule has 3 rings (SSSR count). The number of amides is 1. The van der Waals surface area contributed by atoms with E-state index in [0.717, 1.165) is 19.0 Å². The summed E-state index contributed by atoms with van der Waals surface area (Å²) >= 11 is 0. The zero-order valence-corrected chi connectivity index (χ0v) is 13.4. The number of aromatic nitrogens is 2. The van der Waals surface area contributed by atoms with E-state index in [-0.39, 0.29) is 11.6 Å². The van der Waals surface area contributed by atoms with Crippen LogP contribution in [0.4, 0.5) is 8.78 Å². The number of halogens is 2. The summed E-state index contributed by atoms with van der Waals surface area (Å²) in [4.78, 5) is 12.2. The Morgan fingerprint density at radius 3 is 2.54 bits per heavy atom. The van der Waals surface area contributed by atoms with Crippen molar-refractivity contribution in [2.45, 2.75) is 38.2 Å². The molecule has 1 aliphatic rings. The molecule has 0 spiro atoms. The first-order valence-corrected chi connectivity index (χ1v) is 8.31. The van der Waals surface area contributed by atoms with Crippen molar-refractivity contribution in [1.82, 2.24) is 15.1 Å². The summed E-state index contributed by atoms with van der Waals surface area (Å²) in [5.41, 5.74) is 1.23. The van der Waals surface area contributed by atoms with Gasteiger partial charge in [0.1, 0.15) is 5.69 Å². The highest BCUT2D eigenvalue weighted by Gasteiger charge is 2.27. The fraction of sp³-hybridized carbons (Fsp3) is 0.444. The largest absolute Gasteiger partial charge is 0.350 e. The molecule has 0 bridgehead atoms. The van der Waals surface area contributed by atoms with Gasteiger partial charge in [0, 0.05) is 18.7 Å². The molecule has 1 heterocycles. The molecule has 1 saturated carbocycles. The zero-order chi connectivity index (χ0) is 16.9. The van der Waals surface area contributed by atoms with Gasteiger partial charge in [-0.1, -0.05) is 43.2 Å². The average Bonchev–Trinajstić information content (AvgIpc) is 3.28. The van der Waals surface area contributed by atoms with Crippen molar-refractivity contribution in [3.63, 3.8) is 0 Å². The van der Waals surface area contributed by atoms with Gasteiger partial charge >= 0.3 is 6.55 Å². The van der Waals surface area contributed by atoms with Crippen molar-refractivity contribution >= 4 is 5.91 Å². The van der Waals surface area contributed by atoms with Crippen LogP contribution >= 0.6 is 0 Å². The monoisotopic (exact) mass is 333 g/mol. The van der Waals surface area contributed by atoms with Crippen LogP contribution in [0.25, 0.3) is 0 Å². The first kappa shape index (κ1) is 16.6. The summed E-state index contributed by atoms with van der Waals surface area (Å²) in [6.07, 6.45) is 5.89. The second-order valence-electron chi connectivity index (χ2n) is 6.23. The molecule has 1 aliphatic carbocycles. The Bertz CT molecular complexity index is 666. The maximum Gasteiger partial charge on any atom is 0.333 e. The summed E-state index contributed by atoms with van der Waals surface area (Å²) in [7, 11) is 0. The summed E-state index contributed by atoms with van der Waals surface area (Å²) in [5, 5.41) is 6.48. The van der Waals surface area contributed by atoms with Crippen LogP contribution < -0.4 is 5.32 Å². The third kappa shape index (κ3) is 3.80. The number of alkyl halides is 2. The fourth-order valence-corrected chi connectivity index (χ4v) is 3.48. The van der Waals surface area contributed by atoms with E-state index in [1.165, 1.54) is 24.5 Å². The van der Waals surface area contributed by atoms with E-state index in [4.69, 9.17) is 0 Å². The summed E-state index contributed by atoms with van der Waals surface area (Å²) < 4.78 is 25.6. The molecule has 0 saturated heterocycles. The number of rotatable bonds is 6. The van der Waals surface area contributed by atoms with E-state index in [2.05, 4.69) is 22.5 Å². The third-order valence-corrected chi connectivity index (χ3v) is 4.72. The molecule has 128 valence electrons. The van der Waals surface area contributed by atoms with Gasteiger partial charge in [0.2, 0.25) is 0 Å². The Kier molecular flexibility index (Phi) is 5.23. The lowest BCUT2D eigenvalue weighted by molar-refractivity contribution is 0.0560. The van der Waals surface area contributed by atoms with E-state index in [1.807, 2.05) is 18.2 Å². The number of nitrogens with one attached hydrogen (secondary N) is 1. The highest BCUT2D eigenvalue weighted by Crippen LogP contribution is 2.36. The molecule has 0 aliphatic heterocycles. The lowest BCUT2D eigenvalue weighted by Crippen LogP contribution is -2.31. The highest BCUT2D eigenvalue weighted by molar-refractivity contribution is 5.92. The van der Waals surface area contributed by atoms with Crippen LogP contribution in [-0.4, -0.2) is 22.2 Å². The Labute approximate surface area is 139 Å². The number of nitrogens with zero attached hydrogens (tertiary/aromatic N) is 2. The molecule has 1 amide bonds. The lowest BCUT2D eigenvalue weighted by atomic mass is 9.85. The molecule has 24 heavy (non-hydrogen) atoms. The van der Waals surface area contributed by atoms with Gasteiger partial charge in [-0.05, 0) is 30.4 Å². The molecular formula is C18H21F2N3O. The molecule has 1 fully saturated rings. The summed E-state index contributed by atoms with van der Waals surface area (Å²) in [5.74, 6) is 0.384. The maximum atomic E-state index is 12.6. The smallest absolute Gasteiger partial charge is 0.333 e. The number of hydrogen-bond donors (Lipinski definition) is 1. The second kappa shape index (κ2) is 7.55. The highest BCUT2D eigenvalue weighted by atomic mass is 19.3. The third-order valence-electron chi connectivity index (χ3n) is 4.72. The van der Waals surface area contributed by atoms with Crippen molar-refractivity contribution in [1.29, 1.82) is 0 Å². The maximum absolute atomic E-state index is 12.6. The topological polar surface area (TPSA) is 46.9 Å². The molecule has 0 radical (unpaired) electrons. The number of hydrogen-bond acceptors (Lipinski definition) is 2. The number of benzene rings is 1. The van der Waals surface area contributed by atoms with E-state index >= 15 is 0 Å². The molecule has 1 N–H and O–H groups in total. The van der Waals surface area contributed by atoms with Crippen molar-refractivity contribution in [2.75, 3.05) is 6.54 Å². The van der Waals surface area contributed by atoms with Crippen LogP contribution in [0.3, 0.4) is 0 Å². The molecule has 1 aromatic carbocycles. The zero-order valence-electron chi connectivity index (χ0n) is 13.4. The van der Waals surface area contributed by atoms with Crippen LogP contribution in [0.2, 0.25) is 0 Å². The van der Waals surface area contributed by atoms with E-state index < -0.39 is 12.5 Å². The Hall–Kier alpha value is -2.24. The van der Waals surface area contributed by atoms with Gasteiger partial charge in [-0.2, -0.15) is 13.9 Å². The van der Waals surface area contributed by atoms with Gasteiger partial charge in [0.15, 0.2) is 0 Å². The molecule has 0 unspecified atom stereocenters. The standard InChI is InChI=1S/C18H21F2N3O/c19-18(20)23-11-10-16(22-23)17(24)21-12-15(14-8-4-5-9-14)13-6-2-1-3-7-13/h1-3,6-7,10-11,14-15,18H,4-5,8-9,12H2,(H,21,24)/t15-/m1/s1. The quantitative estimate of drug-likeness (QED) is 0.869. The van der Waals surface area contributed by atoms with Crippen LogP contribution in [-0.2, 0) is 0 Å². The van der Waals surface area contributed by atoms with Crippen molar-refractivity contribution < 1.29 is 13.6 Å². The molecule has 4 nitrogen and oxygen atoms in total. The summed E-state index contributed by atoms with van der Waals surface area (Å²) in [6, 6.07) is 11.5. The van der Waals surface area contributed by atoms with Crippen LogP contribution in [0.15, 0.2) is 42.6 Å². The van der Waals surface area contributed by atoms with Crippen LogP contribution in [0.5, 0.6) is 0 Å². The first-order chi connectivity index (χ1) is 11.6. The van der Waals surface area contributed by atoms with Crippen molar-refractivity contribution in [2.24, 2.45) is 5.92 Å². The lowest BCUT2D eigenvalue weighted by Gasteiger charge is -2.24. The fourth-order valence-electron chi connectivity index (χ4n) is 3.48. The normalized spacial score (nSPS) is 16.5. The van der Waals surface area contributed by atoms with Gasteiger partial charge in [-0.25, -0.2) is 4.68 Å². The van der Waals surface area contributed by atoms with Gasteiger partial charge in [-0.15, -0.1) is 0 Å². The van der Waals surface area contributed by atoms with Crippen molar-refractivity contribution in [3.8, 4) is 0 Å². The van der Waals surface area contributed by atoms with Gasteiger partial charge in [0.05, 0.1) is 0 Å². The Balaban J connectivity index is 1.67. The molecule has 2 aromatic rings. The minimum atomic E-state index is -2.73. The van der Waals surface area contributed by atoms with Gasteiger partial charge in [-0.3, -0.25) is 4.79 Å². The SMILES string of the molecule is O=C(NC[C@H](c1ccccc1)C1CCCC1)c1ccn(C(F)F)n1. The summed E-state index contributed by atoms with van der Waals surface area (Å²) in [6.45, 7) is -2.24. The second-order valence-corrected chi connectivity index (χ2v) is 6.23. The molecule has 6 heteroatoms. The van der Waals surface area contributed by atoms with Crippen LogP contribution in [0, 0.1) is 5.92 Å². The molecule has 1 atom stereocenters. The van der Waals surface area contributed by atoms with Gasteiger partial charge < -0.3 is 5.32 Å². The molecule has 1 aromatic heterocycles.